The molecule has 110 valence electrons. The minimum atomic E-state index is 0.408. The van der Waals surface area contributed by atoms with Crippen molar-refractivity contribution in [2.45, 2.75) is 50.7 Å². The highest BCUT2D eigenvalue weighted by Crippen LogP contribution is 2.30. The number of hydrogen-bond donors (Lipinski definition) is 2. The summed E-state index contributed by atoms with van der Waals surface area (Å²) < 4.78 is 11.4. The van der Waals surface area contributed by atoms with Gasteiger partial charge in [-0.2, -0.15) is 0 Å². The normalized spacial score (nSPS) is 26.1. The third kappa shape index (κ3) is 3.44. The molecular weight excluding hydrogens is 252 g/mol. The molecule has 1 aromatic carbocycles. The second kappa shape index (κ2) is 6.46. The number of hydrogen-bond acceptors (Lipinski definition) is 4. The van der Waals surface area contributed by atoms with Crippen LogP contribution in [0.25, 0.3) is 0 Å². The van der Waals surface area contributed by atoms with Crippen LogP contribution < -0.4 is 20.5 Å². The summed E-state index contributed by atoms with van der Waals surface area (Å²) in [6.45, 7) is 2.37. The van der Waals surface area contributed by atoms with E-state index in [9.17, 15) is 0 Å². The van der Waals surface area contributed by atoms with Crippen LogP contribution >= 0.6 is 0 Å². The predicted molar refractivity (Wildman–Crippen MR) is 79.1 cm³/mol. The van der Waals surface area contributed by atoms with E-state index < -0.39 is 0 Å². The van der Waals surface area contributed by atoms with Gasteiger partial charge in [0.25, 0.3) is 0 Å². The van der Waals surface area contributed by atoms with Gasteiger partial charge in [-0.3, -0.25) is 0 Å². The van der Waals surface area contributed by atoms with Crippen molar-refractivity contribution in [3.05, 3.63) is 23.8 Å². The van der Waals surface area contributed by atoms with E-state index in [4.69, 9.17) is 15.2 Å². The van der Waals surface area contributed by atoms with Gasteiger partial charge in [0.1, 0.15) is 0 Å². The first kappa shape index (κ1) is 13.7. The Bertz CT molecular complexity index is 442. The molecule has 0 atom stereocenters. The summed E-state index contributed by atoms with van der Waals surface area (Å²) in [7, 11) is 0. The van der Waals surface area contributed by atoms with Gasteiger partial charge in [0.2, 0.25) is 0 Å². The molecule has 3 N–H and O–H groups in total. The van der Waals surface area contributed by atoms with E-state index in [1.54, 1.807) is 0 Å². The molecule has 0 saturated heterocycles. The van der Waals surface area contributed by atoms with Gasteiger partial charge in [0.05, 0.1) is 13.2 Å². The maximum absolute atomic E-state index is 5.94. The summed E-state index contributed by atoms with van der Waals surface area (Å²) in [5.74, 6) is 1.75. The van der Waals surface area contributed by atoms with Crippen LogP contribution in [0, 0.1) is 0 Å². The largest absolute Gasteiger partial charge is 0.490 e. The van der Waals surface area contributed by atoms with Gasteiger partial charge in [0, 0.05) is 25.0 Å². The molecule has 0 amide bonds. The number of ether oxygens (including phenoxy) is 2. The van der Waals surface area contributed by atoms with Gasteiger partial charge in [-0.05, 0) is 43.4 Å². The summed E-state index contributed by atoms with van der Waals surface area (Å²) in [6, 6.07) is 7.25. The zero-order valence-corrected chi connectivity index (χ0v) is 11.9. The molecule has 1 fully saturated rings. The average molecular weight is 276 g/mol. The summed E-state index contributed by atoms with van der Waals surface area (Å²) >= 11 is 0. The Labute approximate surface area is 120 Å². The van der Waals surface area contributed by atoms with Gasteiger partial charge in [0.15, 0.2) is 11.5 Å². The van der Waals surface area contributed by atoms with E-state index in [1.165, 1.54) is 18.4 Å². The quantitative estimate of drug-likeness (QED) is 0.888. The lowest BCUT2D eigenvalue weighted by molar-refractivity contribution is 0.297. The van der Waals surface area contributed by atoms with Crippen LogP contribution in [0.1, 0.15) is 37.7 Å². The highest BCUT2D eigenvalue weighted by atomic mass is 16.5. The fourth-order valence-corrected chi connectivity index (χ4v) is 2.90. The first-order chi connectivity index (χ1) is 9.81. The van der Waals surface area contributed by atoms with E-state index in [0.29, 0.717) is 12.1 Å². The number of benzene rings is 1. The van der Waals surface area contributed by atoms with E-state index in [-0.39, 0.29) is 0 Å². The smallest absolute Gasteiger partial charge is 0.161 e. The van der Waals surface area contributed by atoms with Crippen LogP contribution in [0.3, 0.4) is 0 Å². The lowest BCUT2D eigenvalue weighted by atomic mass is 9.92. The maximum atomic E-state index is 5.94. The van der Waals surface area contributed by atoms with Crippen molar-refractivity contribution >= 4 is 0 Å². The third-order valence-electron chi connectivity index (χ3n) is 4.18. The Balaban J connectivity index is 1.56. The van der Waals surface area contributed by atoms with Gasteiger partial charge >= 0.3 is 0 Å². The second-order valence-corrected chi connectivity index (χ2v) is 5.82. The lowest BCUT2D eigenvalue weighted by Crippen LogP contribution is -2.37. The van der Waals surface area contributed by atoms with Crippen molar-refractivity contribution in [2.24, 2.45) is 5.73 Å². The molecule has 4 heteroatoms. The molecule has 1 saturated carbocycles. The van der Waals surface area contributed by atoms with Gasteiger partial charge in [-0.1, -0.05) is 6.07 Å². The van der Waals surface area contributed by atoms with Gasteiger partial charge < -0.3 is 20.5 Å². The first-order valence-electron chi connectivity index (χ1n) is 7.69. The van der Waals surface area contributed by atoms with Crippen molar-refractivity contribution in [1.29, 1.82) is 0 Å². The van der Waals surface area contributed by atoms with Gasteiger partial charge in [-0.15, -0.1) is 0 Å². The van der Waals surface area contributed by atoms with Crippen LogP contribution in [0.4, 0.5) is 0 Å². The summed E-state index contributed by atoms with van der Waals surface area (Å²) in [5, 5.41) is 3.63. The summed E-state index contributed by atoms with van der Waals surface area (Å²) in [4.78, 5) is 0. The minimum absolute atomic E-state index is 0.408. The van der Waals surface area contributed by atoms with Crippen LogP contribution in [-0.2, 0) is 6.54 Å². The van der Waals surface area contributed by atoms with Crippen molar-refractivity contribution < 1.29 is 9.47 Å². The zero-order valence-electron chi connectivity index (χ0n) is 11.9. The van der Waals surface area contributed by atoms with E-state index >= 15 is 0 Å². The SMILES string of the molecule is NC1CCC(NCc2ccc3c(c2)OCCCO3)CC1. The monoisotopic (exact) mass is 276 g/mol. The predicted octanol–water partition coefficient (Wildman–Crippen LogP) is 2.21. The molecule has 3 rings (SSSR count). The van der Waals surface area contributed by atoms with Crippen molar-refractivity contribution in [3.63, 3.8) is 0 Å². The molecule has 0 spiro atoms. The third-order valence-corrected chi connectivity index (χ3v) is 4.18. The molecule has 0 aromatic heterocycles. The van der Waals surface area contributed by atoms with Crippen molar-refractivity contribution in [2.75, 3.05) is 13.2 Å². The Hall–Kier alpha value is -1.26. The number of nitrogens with one attached hydrogen (secondary N) is 1. The summed E-state index contributed by atoms with van der Waals surface area (Å²) in [6.07, 6.45) is 5.60. The molecule has 20 heavy (non-hydrogen) atoms. The molecule has 1 heterocycles. The minimum Gasteiger partial charge on any atom is -0.490 e. The molecule has 2 aliphatic rings. The zero-order chi connectivity index (χ0) is 13.8. The Morgan fingerprint density at radius 3 is 2.60 bits per heavy atom. The van der Waals surface area contributed by atoms with Gasteiger partial charge in [-0.25, -0.2) is 0 Å². The number of rotatable bonds is 3. The molecule has 4 nitrogen and oxygen atoms in total. The number of fused-ring (bicyclic) bond motifs is 1. The van der Waals surface area contributed by atoms with Crippen LogP contribution in [-0.4, -0.2) is 25.3 Å². The van der Waals surface area contributed by atoms with Crippen LogP contribution in [0.5, 0.6) is 11.5 Å². The molecule has 0 radical (unpaired) electrons. The maximum Gasteiger partial charge on any atom is 0.161 e. The van der Waals surface area contributed by atoms with E-state index in [2.05, 4.69) is 17.4 Å². The topological polar surface area (TPSA) is 56.5 Å². The molecule has 1 aromatic rings. The number of nitrogens with two attached hydrogens (primary N) is 1. The Morgan fingerprint density at radius 1 is 1.05 bits per heavy atom. The molecule has 1 aliphatic heterocycles. The Kier molecular flexibility index (Phi) is 4.43. The average Bonchev–Trinajstić information content (AvgIpc) is 2.71. The molecule has 1 aliphatic carbocycles. The van der Waals surface area contributed by atoms with Crippen LogP contribution in [0.15, 0.2) is 18.2 Å². The van der Waals surface area contributed by atoms with Crippen molar-refractivity contribution in [1.82, 2.24) is 5.32 Å². The van der Waals surface area contributed by atoms with E-state index in [0.717, 1.165) is 50.5 Å². The lowest BCUT2D eigenvalue weighted by Gasteiger charge is -2.27. The highest BCUT2D eigenvalue weighted by Gasteiger charge is 2.18. The first-order valence-corrected chi connectivity index (χ1v) is 7.69. The van der Waals surface area contributed by atoms with Crippen LogP contribution in [0.2, 0.25) is 0 Å². The Morgan fingerprint density at radius 2 is 1.80 bits per heavy atom. The molecule has 0 bridgehead atoms. The fraction of sp³-hybridized carbons (Fsp3) is 0.625. The second-order valence-electron chi connectivity index (χ2n) is 5.82. The highest BCUT2D eigenvalue weighted by molar-refractivity contribution is 5.43. The molecular formula is C16H24N2O2. The standard InChI is InChI=1S/C16H24N2O2/c17-13-3-5-14(6-4-13)18-11-12-2-7-15-16(10-12)20-9-1-8-19-15/h2,7,10,13-14,18H,1,3-6,8-9,11,17H2. The molecule has 0 unspecified atom stereocenters. The summed E-state index contributed by atoms with van der Waals surface area (Å²) in [5.41, 5.74) is 7.19. The van der Waals surface area contributed by atoms with E-state index in [1.807, 2.05) is 6.07 Å². The van der Waals surface area contributed by atoms with Crippen molar-refractivity contribution in [3.8, 4) is 11.5 Å². The fourth-order valence-electron chi connectivity index (χ4n) is 2.90.